The molecule has 0 bridgehead atoms. The third-order valence-electron chi connectivity index (χ3n) is 1.79. The zero-order valence-corrected chi connectivity index (χ0v) is 8.19. The van der Waals surface area contributed by atoms with E-state index in [0.717, 1.165) is 19.5 Å². The molecular weight excluding hydrogens is 152 g/mol. The van der Waals surface area contributed by atoms with Crippen LogP contribution in [0, 0.1) is 0 Å². The fourth-order valence-electron chi connectivity index (χ4n) is 1.13. The standard InChI is InChI=1S/C8H18N4/c1-4-6-12(8(2)3)7-5-10-11-9/h8H,4-7H2,1-3H3. The highest BCUT2D eigenvalue weighted by Gasteiger charge is 2.05. The Balaban J connectivity index is 3.70. The van der Waals surface area contributed by atoms with Gasteiger partial charge in [0.25, 0.3) is 0 Å². The Kier molecular flexibility index (Phi) is 6.53. The van der Waals surface area contributed by atoms with E-state index in [0.29, 0.717) is 12.6 Å². The van der Waals surface area contributed by atoms with Gasteiger partial charge in [-0.15, -0.1) is 0 Å². The zero-order chi connectivity index (χ0) is 9.40. The molecule has 0 saturated carbocycles. The van der Waals surface area contributed by atoms with Crippen LogP contribution in [0.25, 0.3) is 10.4 Å². The average molecular weight is 170 g/mol. The maximum Gasteiger partial charge on any atom is 0.0385 e. The van der Waals surface area contributed by atoms with Gasteiger partial charge in [0.15, 0.2) is 0 Å². The van der Waals surface area contributed by atoms with Crippen molar-refractivity contribution >= 4 is 0 Å². The lowest BCUT2D eigenvalue weighted by Gasteiger charge is -2.24. The van der Waals surface area contributed by atoms with Crippen LogP contribution in [0.2, 0.25) is 0 Å². The summed E-state index contributed by atoms with van der Waals surface area (Å²) >= 11 is 0. The molecule has 0 rings (SSSR count). The van der Waals surface area contributed by atoms with E-state index < -0.39 is 0 Å². The summed E-state index contributed by atoms with van der Waals surface area (Å²) in [7, 11) is 0. The van der Waals surface area contributed by atoms with E-state index in [9.17, 15) is 0 Å². The molecule has 0 aromatic carbocycles. The van der Waals surface area contributed by atoms with Gasteiger partial charge in [-0.3, -0.25) is 0 Å². The Morgan fingerprint density at radius 1 is 1.42 bits per heavy atom. The monoisotopic (exact) mass is 170 g/mol. The Bertz CT molecular complexity index is 149. The summed E-state index contributed by atoms with van der Waals surface area (Å²) in [5, 5.41) is 3.52. The molecule has 0 heterocycles. The van der Waals surface area contributed by atoms with E-state index in [2.05, 4.69) is 35.7 Å². The molecule has 0 aliphatic carbocycles. The van der Waals surface area contributed by atoms with Gasteiger partial charge in [-0.1, -0.05) is 12.0 Å². The summed E-state index contributed by atoms with van der Waals surface area (Å²) in [5.74, 6) is 0. The quantitative estimate of drug-likeness (QED) is 0.343. The first-order chi connectivity index (χ1) is 5.72. The first kappa shape index (κ1) is 11.3. The lowest BCUT2D eigenvalue weighted by molar-refractivity contribution is 0.228. The molecule has 0 amide bonds. The normalized spacial score (nSPS) is 10.4. The van der Waals surface area contributed by atoms with Crippen LogP contribution in [0.15, 0.2) is 5.11 Å². The number of nitrogens with zero attached hydrogens (tertiary/aromatic N) is 4. The van der Waals surface area contributed by atoms with Crippen LogP contribution in [-0.4, -0.2) is 30.6 Å². The fraction of sp³-hybridized carbons (Fsp3) is 1.00. The fourth-order valence-corrected chi connectivity index (χ4v) is 1.13. The van der Waals surface area contributed by atoms with Gasteiger partial charge in [0.1, 0.15) is 0 Å². The van der Waals surface area contributed by atoms with Crippen molar-refractivity contribution < 1.29 is 0 Å². The first-order valence-electron chi connectivity index (χ1n) is 4.47. The molecule has 0 N–H and O–H groups in total. The van der Waals surface area contributed by atoms with Crippen molar-refractivity contribution in [1.29, 1.82) is 0 Å². The summed E-state index contributed by atoms with van der Waals surface area (Å²) < 4.78 is 0. The minimum Gasteiger partial charge on any atom is -0.301 e. The van der Waals surface area contributed by atoms with E-state index in [-0.39, 0.29) is 0 Å². The highest BCUT2D eigenvalue weighted by Crippen LogP contribution is 1.98. The predicted octanol–water partition coefficient (Wildman–Crippen LogP) is 2.42. The highest BCUT2D eigenvalue weighted by atomic mass is 15.2. The van der Waals surface area contributed by atoms with Crippen molar-refractivity contribution in [3.8, 4) is 0 Å². The Morgan fingerprint density at radius 3 is 2.50 bits per heavy atom. The van der Waals surface area contributed by atoms with Crippen LogP contribution in [-0.2, 0) is 0 Å². The van der Waals surface area contributed by atoms with Gasteiger partial charge in [-0.25, -0.2) is 0 Å². The molecule has 0 aliphatic rings. The maximum atomic E-state index is 8.09. The second kappa shape index (κ2) is 6.95. The summed E-state index contributed by atoms with van der Waals surface area (Å²) in [4.78, 5) is 5.04. The van der Waals surface area contributed by atoms with E-state index in [4.69, 9.17) is 5.53 Å². The Hall–Kier alpha value is -0.730. The van der Waals surface area contributed by atoms with Crippen LogP contribution in [0.4, 0.5) is 0 Å². The topological polar surface area (TPSA) is 52.0 Å². The summed E-state index contributed by atoms with van der Waals surface area (Å²) in [5.41, 5.74) is 8.09. The molecule has 12 heavy (non-hydrogen) atoms. The molecular formula is C8H18N4. The van der Waals surface area contributed by atoms with Gasteiger partial charge < -0.3 is 4.90 Å². The Labute approximate surface area is 74.2 Å². The van der Waals surface area contributed by atoms with Crippen molar-refractivity contribution in [1.82, 2.24) is 4.90 Å². The Morgan fingerprint density at radius 2 is 2.08 bits per heavy atom. The third kappa shape index (κ3) is 4.99. The van der Waals surface area contributed by atoms with Crippen LogP contribution in [0.5, 0.6) is 0 Å². The van der Waals surface area contributed by atoms with Gasteiger partial charge in [0.05, 0.1) is 0 Å². The van der Waals surface area contributed by atoms with Crippen molar-refractivity contribution in [3.63, 3.8) is 0 Å². The summed E-state index contributed by atoms with van der Waals surface area (Å²) in [6.45, 7) is 9.00. The first-order valence-corrected chi connectivity index (χ1v) is 4.47. The van der Waals surface area contributed by atoms with Crippen LogP contribution < -0.4 is 0 Å². The van der Waals surface area contributed by atoms with Crippen molar-refractivity contribution in [3.05, 3.63) is 10.4 Å². The van der Waals surface area contributed by atoms with Crippen LogP contribution in [0.1, 0.15) is 27.2 Å². The molecule has 0 atom stereocenters. The number of rotatable bonds is 6. The largest absolute Gasteiger partial charge is 0.301 e. The molecule has 0 aromatic heterocycles. The smallest absolute Gasteiger partial charge is 0.0385 e. The summed E-state index contributed by atoms with van der Waals surface area (Å²) in [6, 6.07) is 0.541. The molecule has 0 saturated heterocycles. The van der Waals surface area contributed by atoms with Crippen LogP contribution >= 0.6 is 0 Å². The number of azide groups is 1. The van der Waals surface area contributed by atoms with Gasteiger partial charge in [-0.2, -0.15) is 0 Å². The highest BCUT2D eigenvalue weighted by molar-refractivity contribution is 4.63. The molecule has 0 unspecified atom stereocenters. The minimum atomic E-state index is 0.541. The summed E-state index contributed by atoms with van der Waals surface area (Å²) in [6.07, 6.45) is 1.15. The third-order valence-corrected chi connectivity index (χ3v) is 1.79. The predicted molar refractivity (Wildman–Crippen MR) is 51.0 cm³/mol. The van der Waals surface area contributed by atoms with E-state index >= 15 is 0 Å². The SMILES string of the molecule is CCCN(CCN=[N+]=[N-])C(C)C. The molecule has 0 fully saturated rings. The van der Waals surface area contributed by atoms with Gasteiger partial charge in [-0.05, 0) is 32.3 Å². The van der Waals surface area contributed by atoms with Crippen molar-refractivity contribution in [2.24, 2.45) is 5.11 Å². The van der Waals surface area contributed by atoms with Gasteiger partial charge >= 0.3 is 0 Å². The van der Waals surface area contributed by atoms with Gasteiger partial charge in [0, 0.05) is 24.0 Å². The zero-order valence-electron chi connectivity index (χ0n) is 8.19. The molecule has 70 valence electrons. The lowest BCUT2D eigenvalue weighted by atomic mass is 10.3. The molecule has 0 spiro atoms. The van der Waals surface area contributed by atoms with E-state index in [1.165, 1.54) is 0 Å². The average Bonchev–Trinajstić information content (AvgIpc) is 2.03. The van der Waals surface area contributed by atoms with E-state index in [1.54, 1.807) is 0 Å². The van der Waals surface area contributed by atoms with Gasteiger partial charge in [0.2, 0.25) is 0 Å². The molecule has 4 heteroatoms. The minimum absolute atomic E-state index is 0.541. The molecule has 0 aliphatic heterocycles. The van der Waals surface area contributed by atoms with Crippen LogP contribution in [0.3, 0.4) is 0 Å². The molecule has 0 aromatic rings. The molecule has 0 radical (unpaired) electrons. The van der Waals surface area contributed by atoms with Crippen molar-refractivity contribution in [2.75, 3.05) is 19.6 Å². The van der Waals surface area contributed by atoms with Crippen molar-refractivity contribution in [2.45, 2.75) is 33.2 Å². The van der Waals surface area contributed by atoms with E-state index in [1.807, 2.05) is 0 Å². The second-order valence-electron chi connectivity index (χ2n) is 3.08. The molecule has 4 nitrogen and oxygen atoms in total. The number of hydrogen-bond acceptors (Lipinski definition) is 2. The lowest BCUT2D eigenvalue weighted by Crippen LogP contribution is -2.33. The number of hydrogen-bond donors (Lipinski definition) is 0. The maximum absolute atomic E-state index is 8.09. The second-order valence-corrected chi connectivity index (χ2v) is 3.08.